The molecule has 1 aromatic carbocycles. The molecule has 0 aliphatic carbocycles. The van der Waals surface area contributed by atoms with Gasteiger partial charge in [-0.3, -0.25) is 0 Å². The van der Waals surface area contributed by atoms with E-state index in [0.29, 0.717) is 6.42 Å². The van der Waals surface area contributed by atoms with Crippen LogP contribution in [0.3, 0.4) is 0 Å². The van der Waals surface area contributed by atoms with Gasteiger partial charge in [0.2, 0.25) is 0 Å². The first-order valence-electron chi connectivity index (χ1n) is 6.12. The monoisotopic (exact) mass is 247 g/mol. The van der Waals surface area contributed by atoms with Crippen LogP contribution < -0.4 is 10.6 Å². The van der Waals surface area contributed by atoms with Gasteiger partial charge in [-0.2, -0.15) is 4.73 Å². The molecule has 2 aromatic rings. The van der Waals surface area contributed by atoms with Crippen LogP contribution in [0.4, 0.5) is 0 Å². The number of rotatable bonds is 5. The van der Waals surface area contributed by atoms with Crippen LogP contribution >= 0.6 is 0 Å². The summed E-state index contributed by atoms with van der Waals surface area (Å²) in [7, 11) is 0. The van der Waals surface area contributed by atoms with Gasteiger partial charge in [0.05, 0.1) is 5.52 Å². The molecule has 5 nitrogen and oxygen atoms in total. The Morgan fingerprint density at radius 2 is 2.28 bits per heavy atom. The van der Waals surface area contributed by atoms with Crippen molar-refractivity contribution in [1.82, 2.24) is 9.71 Å². The molecule has 0 bridgehead atoms. The molecule has 1 heterocycles. The Bertz CT molecular complexity index is 536. The first-order chi connectivity index (χ1) is 8.72. The summed E-state index contributed by atoms with van der Waals surface area (Å²) in [5.41, 5.74) is 7.30. The molecule has 0 saturated heterocycles. The maximum absolute atomic E-state index is 11.8. The first-order valence-corrected chi connectivity index (χ1v) is 6.12. The highest BCUT2D eigenvalue weighted by Crippen LogP contribution is 2.10. The molecule has 0 radical (unpaired) electrons. The highest BCUT2D eigenvalue weighted by atomic mass is 16.7. The molecule has 0 amide bonds. The van der Waals surface area contributed by atoms with Gasteiger partial charge in [0.15, 0.2) is 0 Å². The van der Waals surface area contributed by atoms with Crippen molar-refractivity contribution in [3.63, 3.8) is 0 Å². The summed E-state index contributed by atoms with van der Waals surface area (Å²) in [4.78, 5) is 21.1. The van der Waals surface area contributed by atoms with Crippen LogP contribution in [0.25, 0.3) is 11.0 Å². The maximum atomic E-state index is 11.8. The van der Waals surface area contributed by atoms with E-state index in [0.717, 1.165) is 23.9 Å². The quantitative estimate of drug-likeness (QED) is 0.869. The van der Waals surface area contributed by atoms with E-state index in [1.807, 2.05) is 24.3 Å². The topological polar surface area (TPSA) is 70.1 Å². The van der Waals surface area contributed by atoms with Crippen molar-refractivity contribution in [3.05, 3.63) is 30.6 Å². The molecule has 0 aliphatic rings. The summed E-state index contributed by atoms with van der Waals surface area (Å²) in [5, 5.41) is 0. The Morgan fingerprint density at radius 1 is 1.50 bits per heavy atom. The SMILES string of the molecule is CCCCC(N)C(=O)On1cnc2ccccc21. The predicted molar refractivity (Wildman–Crippen MR) is 68.8 cm³/mol. The Labute approximate surface area is 106 Å². The summed E-state index contributed by atoms with van der Waals surface area (Å²) >= 11 is 0. The Hall–Kier alpha value is -1.88. The van der Waals surface area contributed by atoms with Crippen LogP contribution in [0, 0.1) is 0 Å². The Morgan fingerprint density at radius 3 is 3.06 bits per heavy atom. The first kappa shape index (κ1) is 12.6. The lowest BCUT2D eigenvalue weighted by Gasteiger charge is -2.10. The van der Waals surface area contributed by atoms with E-state index in [4.69, 9.17) is 10.6 Å². The van der Waals surface area contributed by atoms with E-state index in [9.17, 15) is 4.79 Å². The zero-order valence-electron chi connectivity index (χ0n) is 10.4. The van der Waals surface area contributed by atoms with Gasteiger partial charge in [-0.1, -0.05) is 31.9 Å². The standard InChI is InChI=1S/C13H17N3O2/c1-2-3-6-10(14)13(17)18-16-9-15-11-7-4-5-8-12(11)16/h4-5,7-10H,2-3,6,14H2,1H3. The molecule has 0 saturated carbocycles. The number of para-hydroxylation sites is 2. The average molecular weight is 247 g/mol. The second kappa shape index (κ2) is 5.64. The second-order valence-electron chi connectivity index (χ2n) is 4.22. The number of hydrogen-bond acceptors (Lipinski definition) is 4. The summed E-state index contributed by atoms with van der Waals surface area (Å²) in [6, 6.07) is 6.87. The molecule has 2 rings (SSSR count). The van der Waals surface area contributed by atoms with Crippen LogP contribution in [-0.2, 0) is 4.79 Å². The van der Waals surface area contributed by atoms with Crippen LogP contribution in [-0.4, -0.2) is 21.7 Å². The molecular formula is C13H17N3O2. The summed E-state index contributed by atoms with van der Waals surface area (Å²) in [6.45, 7) is 2.06. The predicted octanol–water partition coefficient (Wildman–Crippen LogP) is 1.51. The number of aromatic nitrogens is 2. The van der Waals surface area contributed by atoms with Gasteiger partial charge in [-0.25, -0.2) is 9.78 Å². The number of hydrogen-bond donors (Lipinski definition) is 1. The average Bonchev–Trinajstić information content (AvgIpc) is 2.79. The lowest BCUT2D eigenvalue weighted by atomic mass is 10.1. The molecule has 96 valence electrons. The van der Waals surface area contributed by atoms with Crippen molar-refractivity contribution in [1.29, 1.82) is 0 Å². The molecule has 18 heavy (non-hydrogen) atoms. The third-order valence-electron chi connectivity index (χ3n) is 2.78. The lowest BCUT2D eigenvalue weighted by molar-refractivity contribution is -0.145. The molecule has 1 aromatic heterocycles. The fraction of sp³-hybridized carbons (Fsp3) is 0.385. The number of imidazole rings is 1. The minimum atomic E-state index is -0.578. The Balaban J connectivity index is 2.07. The highest BCUT2D eigenvalue weighted by molar-refractivity contribution is 5.78. The lowest BCUT2D eigenvalue weighted by Crippen LogP contribution is -2.37. The number of fused-ring (bicyclic) bond motifs is 1. The molecule has 2 N–H and O–H groups in total. The highest BCUT2D eigenvalue weighted by Gasteiger charge is 2.16. The van der Waals surface area contributed by atoms with Gasteiger partial charge in [0.25, 0.3) is 0 Å². The number of benzene rings is 1. The molecule has 1 atom stereocenters. The summed E-state index contributed by atoms with van der Waals surface area (Å²) < 4.78 is 1.36. The molecule has 1 unspecified atom stereocenters. The van der Waals surface area contributed by atoms with Gasteiger partial charge in [-0.05, 0) is 18.6 Å². The molecular weight excluding hydrogens is 230 g/mol. The van der Waals surface area contributed by atoms with Crippen LogP contribution in [0.2, 0.25) is 0 Å². The van der Waals surface area contributed by atoms with Crippen LogP contribution in [0.15, 0.2) is 30.6 Å². The third kappa shape index (κ3) is 2.68. The van der Waals surface area contributed by atoms with Crippen molar-refractivity contribution in [3.8, 4) is 0 Å². The third-order valence-corrected chi connectivity index (χ3v) is 2.78. The zero-order valence-corrected chi connectivity index (χ0v) is 10.4. The normalized spacial score (nSPS) is 12.6. The van der Waals surface area contributed by atoms with E-state index in [-0.39, 0.29) is 0 Å². The molecule has 0 aliphatic heterocycles. The fourth-order valence-electron chi connectivity index (χ4n) is 1.72. The van der Waals surface area contributed by atoms with Crippen molar-refractivity contribution in [2.24, 2.45) is 5.73 Å². The van der Waals surface area contributed by atoms with E-state index in [1.54, 1.807) is 0 Å². The van der Waals surface area contributed by atoms with Gasteiger partial charge in [0.1, 0.15) is 17.9 Å². The summed E-state index contributed by atoms with van der Waals surface area (Å²) in [5.74, 6) is -0.424. The van der Waals surface area contributed by atoms with E-state index in [2.05, 4.69) is 11.9 Å². The van der Waals surface area contributed by atoms with Crippen LogP contribution in [0.5, 0.6) is 0 Å². The molecule has 5 heteroatoms. The zero-order chi connectivity index (χ0) is 13.0. The number of carbonyl (C=O) groups is 1. The van der Waals surface area contributed by atoms with Crippen molar-refractivity contribution >= 4 is 17.0 Å². The minimum Gasteiger partial charge on any atom is -0.333 e. The Kier molecular flexibility index (Phi) is 3.94. The smallest absolute Gasteiger partial charge is 0.333 e. The number of unbranched alkanes of at least 4 members (excludes halogenated alkanes) is 1. The maximum Gasteiger partial charge on any atom is 0.349 e. The van der Waals surface area contributed by atoms with Gasteiger partial charge < -0.3 is 10.6 Å². The molecule has 0 fully saturated rings. The number of nitrogens with zero attached hydrogens (tertiary/aromatic N) is 2. The minimum absolute atomic E-state index is 0.424. The van der Waals surface area contributed by atoms with Gasteiger partial charge >= 0.3 is 5.97 Å². The van der Waals surface area contributed by atoms with Gasteiger partial charge in [0, 0.05) is 0 Å². The van der Waals surface area contributed by atoms with E-state index >= 15 is 0 Å². The van der Waals surface area contributed by atoms with Crippen molar-refractivity contribution in [2.75, 3.05) is 0 Å². The fourth-order valence-corrected chi connectivity index (χ4v) is 1.72. The number of nitrogens with two attached hydrogens (primary N) is 1. The van der Waals surface area contributed by atoms with E-state index < -0.39 is 12.0 Å². The van der Waals surface area contributed by atoms with Crippen molar-refractivity contribution < 1.29 is 9.63 Å². The number of carbonyl (C=O) groups excluding carboxylic acids is 1. The van der Waals surface area contributed by atoms with Gasteiger partial charge in [-0.15, -0.1) is 0 Å². The van der Waals surface area contributed by atoms with E-state index in [1.165, 1.54) is 11.1 Å². The van der Waals surface area contributed by atoms with Crippen LogP contribution in [0.1, 0.15) is 26.2 Å². The second-order valence-corrected chi connectivity index (χ2v) is 4.22. The largest absolute Gasteiger partial charge is 0.349 e. The summed E-state index contributed by atoms with van der Waals surface area (Å²) in [6.07, 6.45) is 4.05. The van der Waals surface area contributed by atoms with Crippen molar-refractivity contribution in [2.45, 2.75) is 32.2 Å². The molecule has 0 spiro atoms.